The van der Waals surface area contributed by atoms with E-state index in [1.807, 2.05) is 65.6 Å². The highest BCUT2D eigenvalue weighted by Gasteiger charge is 2.33. The van der Waals surface area contributed by atoms with Crippen molar-refractivity contribution in [2.75, 3.05) is 19.6 Å². The Hall–Kier alpha value is -2.18. The summed E-state index contributed by atoms with van der Waals surface area (Å²) in [6.07, 6.45) is 2.08. The minimum absolute atomic E-state index is 0.0163. The first-order chi connectivity index (χ1) is 14.0. The van der Waals surface area contributed by atoms with Gasteiger partial charge in [0.15, 0.2) is 0 Å². The van der Waals surface area contributed by atoms with Gasteiger partial charge in [0, 0.05) is 32.1 Å². The topological polar surface area (TPSA) is 57.7 Å². The van der Waals surface area contributed by atoms with E-state index in [9.17, 15) is 13.2 Å². The van der Waals surface area contributed by atoms with Crippen LogP contribution in [0.15, 0.2) is 60.7 Å². The molecule has 3 rings (SSSR count). The van der Waals surface area contributed by atoms with Gasteiger partial charge in [-0.25, -0.2) is 12.7 Å². The van der Waals surface area contributed by atoms with Gasteiger partial charge in [-0.3, -0.25) is 4.79 Å². The fourth-order valence-corrected chi connectivity index (χ4v) is 5.42. The van der Waals surface area contributed by atoms with E-state index in [2.05, 4.69) is 6.92 Å². The zero-order valence-electron chi connectivity index (χ0n) is 17.0. The molecule has 0 atom stereocenters. The van der Waals surface area contributed by atoms with E-state index in [0.29, 0.717) is 32.5 Å². The molecule has 2 aromatic carbocycles. The average Bonchev–Trinajstić information content (AvgIpc) is 2.74. The quantitative estimate of drug-likeness (QED) is 0.662. The molecule has 0 unspecified atom stereocenters. The number of carbonyl (C=O) groups excluding carboxylic acids is 1. The van der Waals surface area contributed by atoms with Crippen LogP contribution in [-0.2, 0) is 27.1 Å². The maximum absolute atomic E-state index is 13.1. The molecule has 29 heavy (non-hydrogen) atoms. The number of benzene rings is 2. The predicted octanol–water partition coefficient (Wildman–Crippen LogP) is 3.67. The molecule has 0 saturated carbocycles. The van der Waals surface area contributed by atoms with Crippen LogP contribution in [0.4, 0.5) is 0 Å². The van der Waals surface area contributed by atoms with Crippen LogP contribution >= 0.6 is 0 Å². The van der Waals surface area contributed by atoms with Crippen LogP contribution in [0.1, 0.15) is 37.3 Å². The Balaban J connectivity index is 1.59. The number of rotatable bonds is 8. The van der Waals surface area contributed by atoms with Crippen molar-refractivity contribution in [1.29, 1.82) is 0 Å². The molecule has 5 nitrogen and oxygen atoms in total. The molecule has 156 valence electrons. The molecule has 1 fully saturated rings. The summed E-state index contributed by atoms with van der Waals surface area (Å²) in [7, 11) is -3.36. The Kier molecular flexibility index (Phi) is 7.45. The van der Waals surface area contributed by atoms with E-state index in [1.54, 1.807) is 4.31 Å². The largest absolute Gasteiger partial charge is 0.338 e. The summed E-state index contributed by atoms with van der Waals surface area (Å²) in [5, 5.41) is 0. The van der Waals surface area contributed by atoms with Gasteiger partial charge in [0.25, 0.3) is 0 Å². The molecular formula is C23H30N2O3S. The van der Waals surface area contributed by atoms with Gasteiger partial charge in [-0.05, 0) is 30.4 Å². The predicted molar refractivity (Wildman–Crippen MR) is 116 cm³/mol. The van der Waals surface area contributed by atoms with E-state index in [1.165, 1.54) is 0 Å². The normalized spacial score (nSPS) is 15.9. The second kappa shape index (κ2) is 10.0. The molecule has 0 bridgehead atoms. The zero-order chi connectivity index (χ0) is 20.7. The van der Waals surface area contributed by atoms with Crippen molar-refractivity contribution < 1.29 is 13.2 Å². The number of hydrogen-bond acceptors (Lipinski definition) is 3. The summed E-state index contributed by atoms with van der Waals surface area (Å²) < 4.78 is 27.0. The van der Waals surface area contributed by atoms with Crippen LogP contribution in [0.2, 0.25) is 0 Å². The molecule has 1 saturated heterocycles. The minimum atomic E-state index is -3.36. The highest BCUT2D eigenvalue weighted by atomic mass is 32.2. The van der Waals surface area contributed by atoms with Gasteiger partial charge in [-0.15, -0.1) is 0 Å². The molecule has 1 aliphatic rings. The first kappa shape index (κ1) is 21.5. The molecule has 0 radical (unpaired) electrons. The number of carbonyl (C=O) groups is 1. The molecule has 0 N–H and O–H groups in total. The van der Waals surface area contributed by atoms with Crippen LogP contribution < -0.4 is 0 Å². The van der Waals surface area contributed by atoms with Crippen molar-refractivity contribution in [3.05, 3.63) is 71.8 Å². The maximum Gasteiger partial charge on any atom is 0.226 e. The first-order valence-electron chi connectivity index (χ1n) is 10.3. The summed E-state index contributed by atoms with van der Waals surface area (Å²) in [5.74, 6) is 0.0619. The minimum Gasteiger partial charge on any atom is -0.338 e. The molecule has 0 aliphatic carbocycles. The molecule has 0 aromatic heterocycles. The summed E-state index contributed by atoms with van der Waals surface area (Å²) in [6.45, 7) is 4.23. The number of amides is 1. The van der Waals surface area contributed by atoms with Crippen molar-refractivity contribution in [2.45, 2.75) is 38.5 Å². The van der Waals surface area contributed by atoms with Gasteiger partial charge >= 0.3 is 0 Å². The van der Waals surface area contributed by atoms with Crippen molar-refractivity contribution >= 4 is 15.9 Å². The summed E-state index contributed by atoms with van der Waals surface area (Å²) in [4.78, 5) is 15.0. The standard InChI is InChI=1S/C23H30N2O3S/c1-2-15-24(18-20-9-5-3-6-10-20)23(26)22-13-16-25(17-14-22)29(27,28)19-21-11-7-4-8-12-21/h3-12,22H,2,13-19H2,1H3. The lowest BCUT2D eigenvalue weighted by Crippen LogP contribution is -2.44. The Morgan fingerprint density at radius 3 is 2.07 bits per heavy atom. The van der Waals surface area contributed by atoms with Gasteiger partial charge in [0.2, 0.25) is 15.9 Å². The lowest BCUT2D eigenvalue weighted by atomic mass is 9.96. The van der Waals surface area contributed by atoms with Crippen molar-refractivity contribution in [1.82, 2.24) is 9.21 Å². The zero-order valence-corrected chi connectivity index (χ0v) is 17.9. The van der Waals surface area contributed by atoms with Crippen LogP contribution in [0.3, 0.4) is 0 Å². The van der Waals surface area contributed by atoms with E-state index < -0.39 is 10.0 Å². The molecule has 1 aliphatic heterocycles. The molecule has 1 amide bonds. The second-order valence-corrected chi connectivity index (χ2v) is 9.63. The number of hydrogen-bond donors (Lipinski definition) is 0. The number of sulfonamides is 1. The monoisotopic (exact) mass is 414 g/mol. The third-order valence-corrected chi connectivity index (χ3v) is 7.26. The Bertz CT molecular complexity index is 877. The lowest BCUT2D eigenvalue weighted by Gasteiger charge is -2.33. The third-order valence-electron chi connectivity index (χ3n) is 5.41. The van der Waals surface area contributed by atoms with Gasteiger partial charge in [-0.1, -0.05) is 67.6 Å². The third kappa shape index (κ3) is 5.90. The van der Waals surface area contributed by atoms with E-state index in [-0.39, 0.29) is 17.6 Å². The molecule has 0 spiro atoms. The Morgan fingerprint density at radius 1 is 0.966 bits per heavy atom. The summed E-state index contributed by atoms with van der Waals surface area (Å²) in [6, 6.07) is 19.3. The second-order valence-electron chi connectivity index (χ2n) is 7.66. The van der Waals surface area contributed by atoms with Crippen molar-refractivity contribution in [2.24, 2.45) is 5.92 Å². The number of piperidine rings is 1. The fourth-order valence-electron chi connectivity index (χ4n) is 3.86. The smallest absolute Gasteiger partial charge is 0.226 e. The van der Waals surface area contributed by atoms with Gasteiger partial charge < -0.3 is 4.90 Å². The van der Waals surface area contributed by atoms with Gasteiger partial charge in [0.1, 0.15) is 0 Å². The van der Waals surface area contributed by atoms with E-state index in [0.717, 1.165) is 24.1 Å². The van der Waals surface area contributed by atoms with Gasteiger partial charge in [-0.2, -0.15) is 0 Å². The average molecular weight is 415 g/mol. The Labute approximate surface area is 174 Å². The van der Waals surface area contributed by atoms with Crippen LogP contribution in [-0.4, -0.2) is 43.2 Å². The van der Waals surface area contributed by atoms with Crippen LogP contribution in [0, 0.1) is 5.92 Å². The molecular weight excluding hydrogens is 384 g/mol. The highest BCUT2D eigenvalue weighted by molar-refractivity contribution is 7.88. The summed E-state index contributed by atoms with van der Waals surface area (Å²) >= 11 is 0. The van der Waals surface area contributed by atoms with E-state index in [4.69, 9.17) is 0 Å². The maximum atomic E-state index is 13.1. The van der Waals surface area contributed by atoms with Crippen molar-refractivity contribution in [3.63, 3.8) is 0 Å². The van der Waals surface area contributed by atoms with Crippen LogP contribution in [0.5, 0.6) is 0 Å². The Morgan fingerprint density at radius 2 is 1.52 bits per heavy atom. The number of nitrogens with zero attached hydrogens (tertiary/aromatic N) is 2. The highest BCUT2D eigenvalue weighted by Crippen LogP contribution is 2.24. The molecule has 2 aromatic rings. The van der Waals surface area contributed by atoms with E-state index >= 15 is 0 Å². The van der Waals surface area contributed by atoms with Gasteiger partial charge in [0.05, 0.1) is 5.75 Å². The summed E-state index contributed by atoms with van der Waals surface area (Å²) in [5.41, 5.74) is 1.92. The van der Waals surface area contributed by atoms with Crippen molar-refractivity contribution in [3.8, 4) is 0 Å². The molecule has 6 heteroatoms. The molecule has 1 heterocycles. The SMILES string of the molecule is CCCN(Cc1ccccc1)C(=O)C1CCN(S(=O)(=O)Cc2ccccc2)CC1. The fraction of sp³-hybridized carbons (Fsp3) is 0.435. The van der Waals surface area contributed by atoms with Crippen LogP contribution in [0.25, 0.3) is 0 Å². The first-order valence-corrected chi connectivity index (χ1v) is 11.9. The lowest BCUT2D eigenvalue weighted by molar-refractivity contribution is -0.137.